The second kappa shape index (κ2) is 9.48. The molecule has 0 heterocycles. The fourth-order valence-electron chi connectivity index (χ4n) is 0.847. The second-order valence-electron chi connectivity index (χ2n) is 2.68. The molecule has 1 amide bonds. The Morgan fingerprint density at radius 1 is 1.38 bits per heavy atom. The predicted molar refractivity (Wildman–Crippen MR) is 52.7 cm³/mol. The van der Waals surface area contributed by atoms with E-state index in [0.717, 1.165) is 26.2 Å². The number of hydrogen-bond donors (Lipinski definition) is 2. The highest BCUT2D eigenvalue weighted by Crippen LogP contribution is 1.79. The molecule has 0 fully saturated rings. The van der Waals surface area contributed by atoms with E-state index in [1.807, 2.05) is 13.8 Å². The number of likely N-dealkylation sites (N-methyl/N-ethyl adjacent to an activating group) is 1. The van der Waals surface area contributed by atoms with Crippen LogP contribution in [0.4, 0.5) is 0 Å². The summed E-state index contributed by atoms with van der Waals surface area (Å²) in [6.45, 7) is 7.33. The molecule has 4 nitrogen and oxygen atoms in total. The normalized spacial score (nSPS) is 10.0. The Bertz CT molecular complexity index is 129. The Kier molecular flexibility index (Phi) is 9.03. The molecule has 0 saturated heterocycles. The predicted octanol–water partition coefficient (Wildman–Crippen LogP) is 0.139. The fourth-order valence-corrected chi connectivity index (χ4v) is 0.847. The number of carbonyl (C=O) groups excluding carboxylic acids is 1. The molecule has 0 rings (SSSR count). The van der Waals surface area contributed by atoms with E-state index in [9.17, 15) is 4.79 Å². The summed E-state index contributed by atoms with van der Waals surface area (Å²) >= 11 is 0. The van der Waals surface area contributed by atoms with Gasteiger partial charge in [-0.15, -0.1) is 0 Å². The van der Waals surface area contributed by atoms with Crippen molar-refractivity contribution in [2.45, 2.75) is 20.3 Å². The van der Waals surface area contributed by atoms with Crippen molar-refractivity contribution >= 4 is 5.91 Å². The van der Waals surface area contributed by atoms with E-state index in [1.54, 1.807) is 0 Å². The molecule has 0 radical (unpaired) electrons. The van der Waals surface area contributed by atoms with E-state index in [-0.39, 0.29) is 5.91 Å². The monoisotopic (exact) mass is 188 g/mol. The molecule has 0 saturated carbocycles. The molecule has 0 bridgehead atoms. The smallest absolute Gasteiger partial charge is 0.233 e. The average molecular weight is 188 g/mol. The lowest BCUT2D eigenvalue weighted by molar-refractivity contribution is -0.120. The van der Waals surface area contributed by atoms with Gasteiger partial charge in [-0.2, -0.15) is 0 Å². The van der Waals surface area contributed by atoms with Crippen LogP contribution in [-0.4, -0.2) is 38.8 Å². The summed E-state index contributed by atoms with van der Waals surface area (Å²) in [6.07, 6.45) is 0.881. The Hall–Kier alpha value is -0.610. The van der Waals surface area contributed by atoms with Crippen LogP contribution >= 0.6 is 0 Å². The Morgan fingerprint density at radius 3 is 2.77 bits per heavy atom. The van der Waals surface area contributed by atoms with Crippen molar-refractivity contribution in [3.05, 3.63) is 0 Å². The van der Waals surface area contributed by atoms with E-state index >= 15 is 0 Å². The first-order valence-electron chi connectivity index (χ1n) is 4.86. The fraction of sp³-hybridized carbons (Fsp3) is 0.889. The van der Waals surface area contributed by atoms with Crippen LogP contribution in [0.15, 0.2) is 0 Å². The van der Waals surface area contributed by atoms with Crippen molar-refractivity contribution in [2.75, 3.05) is 32.8 Å². The highest BCUT2D eigenvalue weighted by molar-refractivity contribution is 5.77. The van der Waals surface area contributed by atoms with Crippen LogP contribution in [0.3, 0.4) is 0 Å². The first kappa shape index (κ1) is 12.4. The van der Waals surface area contributed by atoms with Gasteiger partial charge in [-0.1, -0.05) is 6.92 Å². The number of ether oxygens (including phenoxy) is 1. The molecule has 0 aromatic heterocycles. The molecule has 78 valence electrons. The number of rotatable bonds is 8. The van der Waals surface area contributed by atoms with Crippen molar-refractivity contribution in [2.24, 2.45) is 0 Å². The molecule has 0 aromatic rings. The van der Waals surface area contributed by atoms with E-state index in [2.05, 4.69) is 10.6 Å². The molecule has 0 spiro atoms. The number of carbonyl (C=O) groups is 1. The number of amides is 1. The van der Waals surface area contributed by atoms with Gasteiger partial charge in [-0.05, 0) is 19.9 Å². The zero-order valence-corrected chi connectivity index (χ0v) is 8.56. The van der Waals surface area contributed by atoms with E-state index < -0.39 is 0 Å². The van der Waals surface area contributed by atoms with Crippen molar-refractivity contribution in [1.29, 1.82) is 0 Å². The maximum atomic E-state index is 11.0. The molecule has 0 aliphatic heterocycles. The molecule has 0 aromatic carbocycles. The quantitative estimate of drug-likeness (QED) is 0.533. The lowest BCUT2D eigenvalue weighted by Crippen LogP contribution is -2.34. The highest BCUT2D eigenvalue weighted by atomic mass is 16.5. The molecular weight excluding hydrogens is 168 g/mol. The maximum Gasteiger partial charge on any atom is 0.233 e. The van der Waals surface area contributed by atoms with Crippen LogP contribution in [0.2, 0.25) is 0 Å². The largest absolute Gasteiger partial charge is 0.382 e. The van der Waals surface area contributed by atoms with Gasteiger partial charge in [-0.25, -0.2) is 0 Å². The van der Waals surface area contributed by atoms with E-state index in [0.29, 0.717) is 13.1 Å². The molecule has 2 N–H and O–H groups in total. The van der Waals surface area contributed by atoms with Gasteiger partial charge in [0.05, 0.1) is 6.54 Å². The van der Waals surface area contributed by atoms with Crippen molar-refractivity contribution < 1.29 is 9.53 Å². The van der Waals surface area contributed by atoms with Crippen LogP contribution in [0.1, 0.15) is 20.3 Å². The van der Waals surface area contributed by atoms with Gasteiger partial charge in [0, 0.05) is 19.8 Å². The van der Waals surface area contributed by atoms with E-state index in [4.69, 9.17) is 4.74 Å². The average Bonchev–Trinajstić information content (AvgIpc) is 2.14. The van der Waals surface area contributed by atoms with Crippen molar-refractivity contribution in [3.63, 3.8) is 0 Å². The first-order chi connectivity index (χ1) is 6.31. The summed E-state index contributed by atoms with van der Waals surface area (Å²) in [7, 11) is 0. The summed E-state index contributed by atoms with van der Waals surface area (Å²) in [5.41, 5.74) is 0. The molecule has 0 aliphatic rings. The first-order valence-corrected chi connectivity index (χ1v) is 4.86. The summed E-state index contributed by atoms with van der Waals surface area (Å²) in [4.78, 5) is 11.0. The van der Waals surface area contributed by atoms with Crippen LogP contribution in [0, 0.1) is 0 Å². The number of nitrogens with one attached hydrogen (secondary N) is 2. The lowest BCUT2D eigenvalue weighted by atomic mass is 10.4. The van der Waals surface area contributed by atoms with Gasteiger partial charge >= 0.3 is 0 Å². The Morgan fingerprint density at radius 2 is 2.15 bits per heavy atom. The third-order valence-electron chi connectivity index (χ3n) is 1.53. The van der Waals surface area contributed by atoms with Gasteiger partial charge in [0.1, 0.15) is 0 Å². The van der Waals surface area contributed by atoms with Gasteiger partial charge in [0.25, 0.3) is 0 Å². The van der Waals surface area contributed by atoms with Gasteiger partial charge < -0.3 is 15.4 Å². The second-order valence-corrected chi connectivity index (χ2v) is 2.68. The molecular formula is C9H20N2O2. The van der Waals surface area contributed by atoms with Gasteiger partial charge in [0.15, 0.2) is 0 Å². The van der Waals surface area contributed by atoms with Crippen LogP contribution in [-0.2, 0) is 9.53 Å². The summed E-state index contributed by atoms with van der Waals surface area (Å²) in [6, 6.07) is 0. The zero-order chi connectivity index (χ0) is 9.94. The lowest BCUT2D eigenvalue weighted by Gasteiger charge is -2.05. The summed E-state index contributed by atoms with van der Waals surface area (Å²) in [5.74, 6) is 0.0540. The summed E-state index contributed by atoms with van der Waals surface area (Å²) < 4.78 is 5.13. The minimum Gasteiger partial charge on any atom is -0.382 e. The van der Waals surface area contributed by atoms with Crippen molar-refractivity contribution in [1.82, 2.24) is 10.6 Å². The van der Waals surface area contributed by atoms with Crippen LogP contribution in [0.25, 0.3) is 0 Å². The Labute approximate surface area is 80.0 Å². The molecule has 0 atom stereocenters. The topological polar surface area (TPSA) is 50.4 Å². The SMILES string of the molecule is CCNCC(=O)NCCCOCC. The Balaban J connectivity index is 3.08. The third kappa shape index (κ3) is 9.30. The summed E-state index contributed by atoms with van der Waals surface area (Å²) in [5, 5.41) is 5.75. The van der Waals surface area contributed by atoms with Gasteiger partial charge in [-0.3, -0.25) is 4.79 Å². The number of hydrogen-bond acceptors (Lipinski definition) is 3. The highest BCUT2D eigenvalue weighted by Gasteiger charge is 1.97. The maximum absolute atomic E-state index is 11.0. The minimum absolute atomic E-state index is 0.0540. The third-order valence-corrected chi connectivity index (χ3v) is 1.53. The van der Waals surface area contributed by atoms with Crippen molar-refractivity contribution in [3.8, 4) is 0 Å². The molecule has 0 unspecified atom stereocenters. The van der Waals surface area contributed by atoms with Crippen LogP contribution in [0.5, 0.6) is 0 Å². The van der Waals surface area contributed by atoms with Crippen LogP contribution < -0.4 is 10.6 Å². The molecule has 4 heteroatoms. The molecule has 13 heavy (non-hydrogen) atoms. The van der Waals surface area contributed by atoms with E-state index in [1.165, 1.54) is 0 Å². The standard InChI is InChI=1S/C9H20N2O2/c1-3-10-8-9(12)11-6-5-7-13-4-2/h10H,3-8H2,1-2H3,(H,11,12). The zero-order valence-electron chi connectivity index (χ0n) is 8.56. The minimum atomic E-state index is 0.0540. The molecule has 0 aliphatic carbocycles. The van der Waals surface area contributed by atoms with Gasteiger partial charge in [0.2, 0.25) is 5.91 Å².